The van der Waals surface area contributed by atoms with Gasteiger partial charge in [0.25, 0.3) is 0 Å². The Morgan fingerprint density at radius 2 is 1.96 bits per heavy atom. The fraction of sp³-hybridized carbons (Fsp3) is 0.167. The standard InChI is InChI=1S/C18H17NO6S/c1-11-14-9-13(7-8-16(14)25-17(11)18(20)21)26(22,23)19-10-12-5-3-4-6-15(12)24-2/h3-9,19H,10H2,1-2H3,(H,20,21)/p-1. The number of carbonyl (C=O) groups is 1. The number of benzene rings is 2. The highest BCUT2D eigenvalue weighted by molar-refractivity contribution is 7.89. The van der Waals surface area contributed by atoms with Gasteiger partial charge in [-0.2, -0.15) is 0 Å². The van der Waals surface area contributed by atoms with Crippen LogP contribution in [0.25, 0.3) is 11.0 Å². The summed E-state index contributed by atoms with van der Waals surface area (Å²) in [5.74, 6) is -1.18. The number of hydrogen-bond acceptors (Lipinski definition) is 6. The maximum atomic E-state index is 12.6. The maximum Gasteiger partial charge on any atom is 0.240 e. The van der Waals surface area contributed by atoms with E-state index in [-0.39, 0.29) is 22.8 Å². The molecule has 0 bridgehead atoms. The van der Waals surface area contributed by atoms with Gasteiger partial charge in [-0.15, -0.1) is 0 Å². The quantitative estimate of drug-likeness (QED) is 0.702. The molecule has 0 unspecified atom stereocenters. The molecule has 0 aliphatic heterocycles. The molecule has 3 rings (SSSR count). The first-order valence-electron chi connectivity index (χ1n) is 7.69. The first-order valence-corrected chi connectivity index (χ1v) is 9.18. The minimum absolute atomic E-state index is 0.00805. The second kappa shape index (κ2) is 6.81. The molecule has 0 amide bonds. The van der Waals surface area contributed by atoms with Crippen molar-refractivity contribution in [2.45, 2.75) is 18.4 Å². The SMILES string of the molecule is COc1ccccc1CNS(=O)(=O)c1ccc2oc(C(=O)[O-])c(C)c2c1. The Morgan fingerprint density at radius 1 is 1.23 bits per heavy atom. The van der Waals surface area contributed by atoms with Gasteiger partial charge in [0.2, 0.25) is 10.0 Å². The van der Waals surface area contributed by atoms with Crippen LogP contribution >= 0.6 is 0 Å². The van der Waals surface area contributed by atoms with Crippen molar-refractivity contribution in [1.29, 1.82) is 0 Å². The van der Waals surface area contributed by atoms with Crippen LogP contribution < -0.4 is 14.6 Å². The van der Waals surface area contributed by atoms with Crippen LogP contribution in [0.5, 0.6) is 5.75 Å². The number of carboxylic acids is 1. The highest BCUT2D eigenvalue weighted by Gasteiger charge is 2.18. The molecule has 1 aromatic heterocycles. The Kier molecular flexibility index (Phi) is 4.71. The van der Waals surface area contributed by atoms with Crippen molar-refractivity contribution in [1.82, 2.24) is 4.72 Å². The summed E-state index contributed by atoms with van der Waals surface area (Å²) in [6.07, 6.45) is 0. The van der Waals surface area contributed by atoms with Crippen LogP contribution in [0.4, 0.5) is 0 Å². The number of aromatic carboxylic acids is 1. The molecule has 0 spiro atoms. The van der Waals surface area contributed by atoms with E-state index in [1.807, 2.05) is 0 Å². The number of carboxylic acid groups (broad SMARTS) is 1. The van der Waals surface area contributed by atoms with Gasteiger partial charge in [0.05, 0.1) is 12.0 Å². The molecule has 8 heteroatoms. The predicted octanol–water partition coefficient (Wildman–Crippen LogP) is 1.59. The van der Waals surface area contributed by atoms with E-state index in [1.165, 1.54) is 32.2 Å². The summed E-state index contributed by atoms with van der Waals surface area (Å²) in [5.41, 5.74) is 1.30. The molecule has 1 N–H and O–H groups in total. The lowest BCUT2D eigenvalue weighted by Crippen LogP contribution is -2.23. The van der Waals surface area contributed by atoms with Crippen molar-refractivity contribution in [2.24, 2.45) is 0 Å². The number of methoxy groups -OCH3 is 1. The third-order valence-electron chi connectivity index (χ3n) is 4.05. The Hall–Kier alpha value is -2.84. The number of carbonyl (C=O) groups excluding carboxylic acids is 1. The van der Waals surface area contributed by atoms with E-state index < -0.39 is 16.0 Å². The largest absolute Gasteiger partial charge is 0.542 e. The second-order valence-electron chi connectivity index (χ2n) is 5.64. The minimum atomic E-state index is -3.81. The lowest BCUT2D eigenvalue weighted by atomic mass is 10.1. The molecule has 3 aromatic rings. The zero-order valence-corrected chi connectivity index (χ0v) is 14.9. The lowest BCUT2D eigenvalue weighted by molar-refractivity contribution is -0.257. The number of nitrogens with one attached hydrogen (secondary N) is 1. The summed E-state index contributed by atoms with van der Waals surface area (Å²) < 4.78 is 38.1. The Labute approximate surface area is 150 Å². The van der Waals surface area contributed by atoms with Gasteiger partial charge in [-0.1, -0.05) is 18.2 Å². The number of rotatable bonds is 6. The van der Waals surface area contributed by atoms with Crippen LogP contribution in [-0.4, -0.2) is 21.5 Å². The molecular formula is C18H16NO6S-. The first kappa shape index (κ1) is 18.0. The van der Waals surface area contributed by atoms with Crippen molar-refractivity contribution in [3.05, 3.63) is 59.4 Å². The molecule has 7 nitrogen and oxygen atoms in total. The normalized spacial score (nSPS) is 11.6. The van der Waals surface area contributed by atoms with E-state index in [2.05, 4.69) is 4.72 Å². The van der Waals surface area contributed by atoms with Gasteiger partial charge in [0.15, 0.2) is 5.76 Å². The van der Waals surface area contributed by atoms with Crippen molar-refractivity contribution in [3.63, 3.8) is 0 Å². The molecule has 136 valence electrons. The number of para-hydroxylation sites is 1. The van der Waals surface area contributed by atoms with Crippen LogP contribution in [-0.2, 0) is 16.6 Å². The lowest BCUT2D eigenvalue weighted by Gasteiger charge is -2.10. The molecule has 26 heavy (non-hydrogen) atoms. The Bertz CT molecular complexity index is 1080. The van der Waals surface area contributed by atoms with E-state index >= 15 is 0 Å². The smallest absolute Gasteiger partial charge is 0.240 e. The Morgan fingerprint density at radius 3 is 2.65 bits per heavy atom. The maximum absolute atomic E-state index is 12.6. The van der Waals surface area contributed by atoms with Gasteiger partial charge in [-0.05, 0) is 31.2 Å². The third kappa shape index (κ3) is 3.29. The van der Waals surface area contributed by atoms with Gasteiger partial charge in [0, 0.05) is 23.1 Å². The number of ether oxygens (including phenoxy) is 1. The predicted molar refractivity (Wildman–Crippen MR) is 92.3 cm³/mol. The molecule has 0 saturated heterocycles. The molecule has 0 radical (unpaired) electrons. The molecular weight excluding hydrogens is 358 g/mol. The molecule has 0 fully saturated rings. The van der Waals surface area contributed by atoms with Gasteiger partial charge >= 0.3 is 0 Å². The van der Waals surface area contributed by atoms with Gasteiger partial charge in [-0.25, -0.2) is 13.1 Å². The summed E-state index contributed by atoms with van der Waals surface area (Å²) in [6.45, 7) is 1.59. The number of sulfonamides is 1. The summed E-state index contributed by atoms with van der Waals surface area (Å²) in [6, 6.07) is 11.2. The zero-order valence-electron chi connectivity index (χ0n) is 14.1. The average molecular weight is 374 g/mol. The van der Waals surface area contributed by atoms with Crippen LogP contribution in [0.15, 0.2) is 51.8 Å². The van der Waals surface area contributed by atoms with Crippen LogP contribution in [0.1, 0.15) is 21.7 Å². The van der Waals surface area contributed by atoms with Crippen LogP contribution in [0, 0.1) is 6.92 Å². The summed E-state index contributed by atoms with van der Waals surface area (Å²) in [7, 11) is -2.30. The number of hydrogen-bond donors (Lipinski definition) is 1. The third-order valence-corrected chi connectivity index (χ3v) is 5.45. The van der Waals surface area contributed by atoms with E-state index in [1.54, 1.807) is 24.3 Å². The van der Waals surface area contributed by atoms with Crippen molar-refractivity contribution >= 4 is 27.0 Å². The van der Waals surface area contributed by atoms with Crippen LogP contribution in [0.2, 0.25) is 0 Å². The van der Waals surface area contributed by atoms with Gasteiger partial charge < -0.3 is 19.1 Å². The van der Waals surface area contributed by atoms with Crippen molar-refractivity contribution in [2.75, 3.05) is 7.11 Å². The number of furan rings is 1. The van der Waals surface area contributed by atoms with Crippen molar-refractivity contribution in [3.8, 4) is 5.75 Å². The van der Waals surface area contributed by atoms with Crippen molar-refractivity contribution < 1.29 is 27.5 Å². The van der Waals surface area contributed by atoms with Gasteiger partial charge in [-0.3, -0.25) is 0 Å². The van der Waals surface area contributed by atoms with E-state index in [9.17, 15) is 18.3 Å². The van der Waals surface area contributed by atoms with Crippen LogP contribution in [0.3, 0.4) is 0 Å². The average Bonchev–Trinajstić information content (AvgIpc) is 2.97. The molecule has 1 heterocycles. The number of aryl methyl sites for hydroxylation is 1. The molecule has 0 aliphatic carbocycles. The van der Waals surface area contributed by atoms with Gasteiger partial charge in [0.1, 0.15) is 17.3 Å². The monoisotopic (exact) mass is 374 g/mol. The highest BCUT2D eigenvalue weighted by Crippen LogP contribution is 2.27. The fourth-order valence-electron chi connectivity index (χ4n) is 2.67. The summed E-state index contributed by atoms with van der Waals surface area (Å²) >= 11 is 0. The van der Waals surface area contributed by atoms with E-state index in [0.717, 1.165) is 0 Å². The summed E-state index contributed by atoms with van der Waals surface area (Å²) in [4.78, 5) is 11.1. The topological polar surface area (TPSA) is 109 Å². The minimum Gasteiger partial charge on any atom is -0.542 e. The zero-order chi connectivity index (χ0) is 18.9. The molecule has 0 aliphatic rings. The highest BCUT2D eigenvalue weighted by atomic mass is 32.2. The summed E-state index contributed by atoms with van der Waals surface area (Å²) in [5, 5.41) is 11.5. The fourth-order valence-corrected chi connectivity index (χ4v) is 3.70. The molecule has 0 saturated carbocycles. The van der Waals surface area contributed by atoms with E-state index in [0.29, 0.717) is 22.3 Å². The first-order chi connectivity index (χ1) is 12.3. The molecule has 0 atom stereocenters. The number of fused-ring (bicyclic) bond motifs is 1. The Balaban J connectivity index is 1.91. The second-order valence-corrected chi connectivity index (χ2v) is 7.40. The van der Waals surface area contributed by atoms with E-state index in [4.69, 9.17) is 9.15 Å². The molecule has 2 aromatic carbocycles.